The summed E-state index contributed by atoms with van der Waals surface area (Å²) in [6.45, 7) is 8.46. The molecule has 0 saturated heterocycles. The molecule has 0 atom stereocenters. The molecule has 19 heavy (non-hydrogen) atoms. The smallest absolute Gasteiger partial charge is 0.0981 e. The lowest BCUT2D eigenvalue weighted by Crippen LogP contribution is -2.15. The van der Waals surface area contributed by atoms with Crippen LogP contribution in [0.1, 0.15) is 36.2 Å². The Labute approximate surface area is 118 Å². The minimum Gasteiger partial charge on any atom is -0.311 e. The van der Waals surface area contributed by atoms with Gasteiger partial charge in [0, 0.05) is 36.3 Å². The van der Waals surface area contributed by atoms with E-state index < -0.39 is 0 Å². The Balaban J connectivity index is 1.75. The highest BCUT2D eigenvalue weighted by molar-refractivity contribution is 7.11. The Hall–Kier alpha value is -1.20. The highest BCUT2D eigenvalue weighted by atomic mass is 32.1. The number of aryl methyl sites for hydroxylation is 1. The predicted molar refractivity (Wildman–Crippen MR) is 79.4 cm³/mol. The molecule has 0 radical (unpaired) electrons. The zero-order valence-electron chi connectivity index (χ0n) is 12.1. The molecular formula is C14H22N4S. The summed E-state index contributed by atoms with van der Waals surface area (Å²) in [6.07, 6.45) is 6.99. The lowest BCUT2D eigenvalue weighted by molar-refractivity contribution is 0.585. The summed E-state index contributed by atoms with van der Waals surface area (Å²) in [4.78, 5) is 5.79. The fraction of sp³-hybridized carbons (Fsp3) is 0.571. The lowest BCUT2D eigenvalue weighted by Gasteiger charge is -2.13. The Kier molecular flexibility index (Phi) is 4.37. The van der Waals surface area contributed by atoms with Crippen LogP contribution in [-0.2, 0) is 25.4 Å². The van der Waals surface area contributed by atoms with Gasteiger partial charge in [-0.3, -0.25) is 4.68 Å². The molecule has 2 rings (SSSR count). The lowest BCUT2D eigenvalue weighted by atomic mass is 9.98. The van der Waals surface area contributed by atoms with Gasteiger partial charge in [0.05, 0.1) is 11.2 Å². The maximum absolute atomic E-state index is 4.49. The molecule has 0 aliphatic rings. The van der Waals surface area contributed by atoms with Crippen molar-refractivity contribution in [2.45, 2.75) is 39.2 Å². The highest BCUT2D eigenvalue weighted by Crippen LogP contribution is 2.26. The van der Waals surface area contributed by atoms with Gasteiger partial charge in [0.1, 0.15) is 0 Å². The molecule has 0 spiro atoms. The number of hydrogen-bond acceptors (Lipinski definition) is 4. The third kappa shape index (κ3) is 4.14. The number of rotatable bonds is 5. The first-order valence-electron chi connectivity index (χ1n) is 6.58. The Bertz CT molecular complexity index is 522. The minimum atomic E-state index is 0.151. The van der Waals surface area contributed by atoms with E-state index in [1.54, 1.807) is 11.3 Å². The zero-order valence-corrected chi connectivity index (χ0v) is 12.9. The standard InChI is InChI=1S/C14H22N4S/c1-14(2,3)13-16-9-12(19-13)8-15-6-5-11-7-17-18(4)10-11/h7,9-10,15H,5-6,8H2,1-4H3. The van der Waals surface area contributed by atoms with Crippen molar-refractivity contribution in [1.82, 2.24) is 20.1 Å². The van der Waals surface area contributed by atoms with E-state index in [-0.39, 0.29) is 5.41 Å². The summed E-state index contributed by atoms with van der Waals surface area (Å²) in [6, 6.07) is 0. The van der Waals surface area contributed by atoms with Gasteiger partial charge in [-0.15, -0.1) is 11.3 Å². The van der Waals surface area contributed by atoms with E-state index >= 15 is 0 Å². The molecule has 2 aromatic heterocycles. The summed E-state index contributed by atoms with van der Waals surface area (Å²) in [5.41, 5.74) is 1.42. The van der Waals surface area contributed by atoms with Crippen LogP contribution >= 0.6 is 11.3 Å². The summed E-state index contributed by atoms with van der Waals surface area (Å²) >= 11 is 1.80. The molecule has 5 heteroatoms. The van der Waals surface area contributed by atoms with Crippen molar-refractivity contribution in [3.63, 3.8) is 0 Å². The van der Waals surface area contributed by atoms with Crippen molar-refractivity contribution in [1.29, 1.82) is 0 Å². The number of nitrogens with one attached hydrogen (secondary N) is 1. The van der Waals surface area contributed by atoms with Crippen molar-refractivity contribution >= 4 is 11.3 Å². The second kappa shape index (κ2) is 5.84. The number of thiazole rings is 1. The molecule has 0 amide bonds. The minimum absolute atomic E-state index is 0.151. The van der Waals surface area contributed by atoms with E-state index in [0.717, 1.165) is 19.5 Å². The van der Waals surface area contributed by atoms with E-state index in [4.69, 9.17) is 0 Å². The quantitative estimate of drug-likeness (QED) is 0.855. The first-order valence-corrected chi connectivity index (χ1v) is 7.40. The van der Waals surface area contributed by atoms with Crippen LogP contribution in [0.2, 0.25) is 0 Å². The molecule has 4 nitrogen and oxygen atoms in total. The van der Waals surface area contributed by atoms with E-state index in [2.05, 4.69) is 42.4 Å². The molecule has 1 N–H and O–H groups in total. The summed E-state index contributed by atoms with van der Waals surface area (Å²) in [5.74, 6) is 0. The molecule has 2 aromatic rings. The second-order valence-corrected chi connectivity index (χ2v) is 6.95. The van der Waals surface area contributed by atoms with Crippen molar-refractivity contribution in [2.75, 3.05) is 6.54 Å². The Morgan fingerprint density at radius 3 is 2.68 bits per heavy atom. The molecule has 2 heterocycles. The largest absolute Gasteiger partial charge is 0.311 e. The Morgan fingerprint density at radius 2 is 2.11 bits per heavy atom. The van der Waals surface area contributed by atoms with Crippen LogP contribution in [0.3, 0.4) is 0 Å². The van der Waals surface area contributed by atoms with E-state index in [0.29, 0.717) is 0 Å². The second-order valence-electron chi connectivity index (χ2n) is 5.83. The summed E-state index contributed by atoms with van der Waals surface area (Å²) in [5, 5.41) is 8.83. The first kappa shape index (κ1) is 14.2. The van der Waals surface area contributed by atoms with Crippen LogP contribution in [0.4, 0.5) is 0 Å². The van der Waals surface area contributed by atoms with Crippen LogP contribution in [0.5, 0.6) is 0 Å². The fourth-order valence-corrected chi connectivity index (χ4v) is 2.72. The molecule has 0 saturated carbocycles. The third-order valence-electron chi connectivity index (χ3n) is 2.84. The number of aromatic nitrogens is 3. The van der Waals surface area contributed by atoms with Crippen molar-refractivity contribution in [3.8, 4) is 0 Å². The highest BCUT2D eigenvalue weighted by Gasteiger charge is 2.17. The maximum Gasteiger partial charge on any atom is 0.0981 e. The van der Waals surface area contributed by atoms with Crippen molar-refractivity contribution < 1.29 is 0 Å². The van der Waals surface area contributed by atoms with Gasteiger partial charge >= 0.3 is 0 Å². The monoisotopic (exact) mass is 278 g/mol. The molecule has 0 fully saturated rings. The van der Waals surface area contributed by atoms with Crippen LogP contribution < -0.4 is 5.32 Å². The van der Waals surface area contributed by atoms with Crippen LogP contribution in [0.25, 0.3) is 0 Å². The van der Waals surface area contributed by atoms with Gasteiger partial charge in [0.15, 0.2) is 0 Å². The van der Waals surface area contributed by atoms with E-state index in [1.807, 2.05) is 24.1 Å². The van der Waals surface area contributed by atoms with Gasteiger partial charge in [-0.1, -0.05) is 20.8 Å². The van der Waals surface area contributed by atoms with Crippen LogP contribution in [-0.4, -0.2) is 21.3 Å². The van der Waals surface area contributed by atoms with Gasteiger partial charge in [0.25, 0.3) is 0 Å². The zero-order chi connectivity index (χ0) is 13.9. The fourth-order valence-electron chi connectivity index (χ4n) is 1.78. The van der Waals surface area contributed by atoms with Crippen LogP contribution in [0.15, 0.2) is 18.6 Å². The molecule has 104 valence electrons. The predicted octanol–water partition coefficient (Wildman–Crippen LogP) is 2.51. The average Bonchev–Trinajstić information content (AvgIpc) is 2.93. The molecule has 0 aliphatic heterocycles. The summed E-state index contributed by atoms with van der Waals surface area (Å²) < 4.78 is 1.84. The third-order valence-corrected chi connectivity index (χ3v) is 4.27. The van der Waals surface area contributed by atoms with Gasteiger partial charge in [0.2, 0.25) is 0 Å². The molecule has 0 bridgehead atoms. The molecule has 0 aromatic carbocycles. The average molecular weight is 278 g/mol. The number of hydrogen-bond donors (Lipinski definition) is 1. The van der Waals surface area contributed by atoms with Gasteiger partial charge in [-0.05, 0) is 18.5 Å². The first-order chi connectivity index (χ1) is 8.95. The van der Waals surface area contributed by atoms with Gasteiger partial charge in [-0.25, -0.2) is 4.98 Å². The van der Waals surface area contributed by atoms with Gasteiger partial charge in [-0.2, -0.15) is 5.10 Å². The molecular weight excluding hydrogens is 256 g/mol. The molecule has 0 unspecified atom stereocenters. The topological polar surface area (TPSA) is 42.7 Å². The SMILES string of the molecule is Cn1cc(CCNCc2cnc(C(C)(C)C)s2)cn1. The number of nitrogens with zero attached hydrogens (tertiary/aromatic N) is 3. The van der Waals surface area contributed by atoms with Crippen molar-refractivity contribution in [2.24, 2.45) is 7.05 Å². The van der Waals surface area contributed by atoms with Gasteiger partial charge < -0.3 is 5.32 Å². The maximum atomic E-state index is 4.49. The van der Waals surface area contributed by atoms with Crippen LogP contribution in [0, 0.1) is 0 Å². The molecule has 0 aliphatic carbocycles. The van der Waals surface area contributed by atoms with Crippen molar-refractivity contribution in [3.05, 3.63) is 34.0 Å². The normalized spacial score (nSPS) is 12.0. The Morgan fingerprint density at radius 1 is 1.32 bits per heavy atom. The van der Waals surface area contributed by atoms with E-state index in [9.17, 15) is 0 Å². The van der Waals surface area contributed by atoms with E-state index in [1.165, 1.54) is 15.4 Å². The summed E-state index contributed by atoms with van der Waals surface area (Å²) in [7, 11) is 1.95.